The summed E-state index contributed by atoms with van der Waals surface area (Å²) in [4.78, 5) is 1.73. The molecule has 0 saturated heterocycles. The van der Waals surface area contributed by atoms with Gasteiger partial charge in [-0.05, 0) is 12.0 Å². The van der Waals surface area contributed by atoms with Gasteiger partial charge in [0, 0.05) is 13.6 Å². The van der Waals surface area contributed by atoms with Crippen molar-refractivity contribution in [3.8, 4) is 0 Å². The molecular formula is C10H16ClN3. The Labute approximate surface area is 90.8 Å². The maximum absolute atomic E-state index is 7.17. The fraction of sp³-hybridized carbons (Fsp3) is 0.300. The summed E-state index contributed by atoms with van der Waals surface area (Å²) in [7, 11) is 1.82. The number of guanidine groups is 1. The highest BCUT2D eigenvalue weighted by Crippen LogP contribution is 1.99. The fourth-order valence-corrected chi connectivity index (χ4v) is 1.06. The van der Waals surface area contributed by atoms with Crippen LogP contribution in [0.5, 0.6) is 0 Å². The van der Waals surface area contributed by atoms with Crippen LogP contribution in [0.2, 0.25) is 0 Å². The van der Waals surface area contributed by atoms with E-state index in [0.29, 0.717) is 0 Å². The van der Waals surface area contributed by atoms with Crippen LogP contribution in [0.3, 0.4) is 0 Å². The summed E-state index contributed by atoms with van der Waals surface area (Å²) in [6, 6.07) is 10.2. The second-order valence-electron chi connectivity index (χ2n) is 3.04. The first-order chi connectivity index (χ1) is 6.20. The minimum atomic E-state index is 0. The molecule has 0 unspecified atom stereocenters. The normalized spacial score (nSPS) is 8.93. The van der Waals surface area contributed by atoms with Crippen molar-refractivity contribution in [3.63, 3.8) is 0 Å². The third-order valence-corrected chi connectivity index (χ3v) is 1.99. The molecule has 4 heteroatoms. The van der Waals surface area contributed by atoms with E-state index in [9.17, 15) is 0 Å². The zero-order chi connectivity index (χ0) is 9.68. The van der Waals surface area contributed by atoms with E-state index in [-0.39, 0.29) is 18.4 Å². The van der Waals surface area contributed by atoms with Gasteiger partial charge in [0.05, 0.1) is 0 Å². The number of nitrogens with zero attached hydrogens (tertiary/aromatic N) is 1. The second-order valence-corrected chi connectivity index (χ2v) is 3.04. The number of nitrogens with two attached hydrogens (primary N) is 1. The van der Waals surface area contributed by atoms with Crippen LogP contribution in [0.1, 0.15) is 5.56 Å². The van der Waals surface area contributed by atoms with Crippen molar-refractivity contribution >= 4 is 18.4 Å². The number of benzene rings is 1. The van der Waals surface area contributed by atoms with Gasteiger partial charge in [-0.1, -0.05) is 30.3 Å². The Balaban J connectivity index is 0.00000169. The first kappa shape index (κ1) is 12.8. The van der Waals surface area contributed by atoms with Crippen molar-refractivity contribution in [1.82, 2.24) is 4.90 Å². The first-order valence-electron chi connectivity index (χ1n) is 4.29. The minimum Gasteiger partial charge on any atom is -0.370 e. The van der Waals surface area contributed by atoms with Gasteiger partial charge in [0.2, 0.25) is 0 Å². The molecule has 0 bridgehead atoms. The van der Waals surface area contributed by atoms with Gasteiger partial charge in [-0.3, -0.25) is 5.41 Å². The van der Waals surface area contributed by atoms with Crippen LogP contribution in [0.4, 0.5) is 0 Å². The summed E-state index contributed by atoms with van der Waals surface area (Å²) >= 11 is 0. The Morgan fingerprint density at radius 3 is 2.43 bits per heavy atom. The lowest BCUT2D eigenvalue weighted by molar-refractivity contribution is 0.499. The molecule has 78 valence electrons. The van der Waals surface area contributed by atoms with Crippen LogP contribution in [0.25, 0.3) is 0 Å². The van der Waals surface area contributed by atoms with E-state index in [1.165, 1.54) is 5.56 Å². The molecule has 0 aromatic heterocycles. The molecule has 3 nitrogen and oxygen atoms in total. The van der Waals surface area contributed by atoms with Gasteiger partial charge in [-0.2, -0.15) is 0 Å². The standard InChI is InChI=1S/C10H15N3.ClH/c1-13(10(11)12)8-7-9-5-3-2-4-6-9;/h2-6H,7-8H2,1H3,(H3,11,12);1H. The van der Waals surface area contributed by atoms with Crippen molar-refractivity contribution in [2.75, 3.05) is 13.6 Å². The second kappa shape index (κ2) is 6.27. The van der Waals surface area contributed by atoms with Crippen molar-refractivity contribution < 1.29 is 0 Å². The van der Waals surface area contributed by atoms with Crippen molar-refractivity contribution in [2.24, 2.45) is 5.73 Å². The topological polar surface area (TPSA) is 53.1 Å². The lowest BCUT2D eigenvalue weighted by Crippen LogP contribution is -2.34. The van der Waals surface area contributed by atoms with E-state index in [2.05, 4.69) is 12.1 Å². The van der Waals surface area contributed by atoms with E-state index in [0.717, 1.165) is 13.0 Å². The minimum absolute atomic E-state index is 0. The number of hydrogen-bond donors (Lipinski definition) is 2. The molecule has 0 spiro atoms. The SMILES string of the molecule is CN(CCc1ccccc1)C(=N)N.Cl. The molecule has 0 fully saturated rings. The molecule has 0 heterocycles. The average molecular weight is 214 g/mol. The van der Waals surface area contributed by atoms with Gasteiger partial charge in [0.25, 0.3) is 0 Å². The van der Waals surface area contributed by atoms with Crippen LogP contribution in [-0.2, 0) is 6.42 Å². The molecule has 1 aromatic rings. The van der Waals surface area contributed by atoms with Crippen LogP contribution in [0, 0.1) is 5.41 Å². The number of halogens is 1. The Kier molecular flexibility index (Phi) is 5.72. The van der Waals surface area contributed by atoms with Crippen molar-refractivity contribution in [1.29, 1.82) is 5.41 Å². The molecule has 14 heavy (non-hydrogen) atoms. The Bertz CT molecular complexity index is 274. The van der Waals surface area contributed by atoms with Gasteiger partial charge in [0.1, 0.15) is 0 Å². The zero-order valence-corrected chi connectivity index (χ0v) is 9.05. The number of hydrogen-bond acceptors (Lipinski definition) is 1. The zero-order valence-electron chi connectivity index (χ0n) is 8.23. The van der Waals surface area contributed by atoms with Crippen LogP contribution in [-0.4, -0.2) is 24.5 Å². The van der Waals surface area contributed by atoms with E-state index in [4.69, 9.17) is 11.1 Å². The van der Waals surface area contributed by atoms with E-state index in [1.54, 1.807) is 4.90 Å². The molecule has 0 aliphatic heterocycles. The Morgan fingerprint density at radius 2 is 1.93 bits per heavy atom. The summed E-state index contributed by atoms with van der Waals surface area (Å²) in [6.45, 7) is 0.791. The van der Waals surface area contributed by atoms with Gasteiger partial charge in [-0.15, -0.1) is 12.4 Å². The van der Waals surface area contributed by atoms with E-state index < -0.39 is 0 Å². The monoisotopic (exact) mass is 213 g/mol. The molecule has 0 aliphatic carbocycles. The highest BCUT2D eigenvalue weighted by atomic mass is 35.5. The van der Waals surface area contributed by atoms with Gasteiger partial charge < -0.3 is 10.6 Å². The highest BCUT2D eigenvalue weighted by molar-refractivity contribution is 5.85. The van der Waals surface area contributed by atoms with Gasteiger partial charge >= 0.3 is 0 Å². The maximum atomic E-state index is 7.17. The first-order valence-corrected chi connectivity index (χ1v) is 4.29. The number of nitrogens with one attached hydrogen (secondary N) is 1. The highest BCUT2D eigenvalue weighted by Gasteiger charge is 1.98. The third-order valence-electron chi connectivity index (χ3n) is 1.99. The Hall–Kier alpha value is -1.22. The summed E-state index contributed by atoms with van der Waals surface area (Å²) in [5.74, 6) is 0.121. The summed E-state index contributed by atoms with van der Waals surface area (Å²) in [6.07, 6.45) is 0.927. The van der Waals surface area contributed by atoms with Gasteiger partial charge in [-0.25, -0.2) is 0 Å². The average Bonchev–Trinajstić information content (AvgIpc) is 2.15. The predicted octanol–water partition coefficient (Wildman–Crippen LogP) is 1.48. The summed E-state index contributed by atoms with van der Waals surface area (Å²) in [5.41, 5.74) is 6.58. The van der Waals surface area contributed by atoms with Crippen molar-refractivity contribution in [3.05, 3.63) is 35.9 Å². The van der Waals surface area contributed by atoms with Gasteiger partial charge in [0.15, 0.2) is 5.96 Å². The Morgan fingerprint density at radius 1 is 1.36 bits per heavy atom. The lowest BCUT2D eigenvalue weighted by Gasteiger charge is -2.15. The molecule has 1 rings (SSSR count). The summed E-state index contributed by atoms with van der Waals surface area (Å²) < 4.78 is 0. The fourth-order valence-electron chi connectivity index (χ4n) is 1.06. The summed E-state index contributed by atoms with van der Waals surface area (Å²) in [5, 5.41) is 7.17. The number of rotatable bonds is 3. The predicted molar refractivity (Wildman–Crippen MR) is 61.9 cm³/mol. The molecule has 0 atom stereocenters. The molecule has 1 aromatic carbocycles. The van der Waals surface area contributed by atoms with Crippen LogP contribution >= 0.6 is 12.4 Å². The van der Waals surface area contributed by atoms with Crippen molar-refractivity contribution in [2.45, 2.75) is 6.42 Å². The van der Waals surface area contributed by atoms with Crippen LogP contribution in [0.15, 0.2) is 30.3 Å². The van der Waals surface area contributed by atoms with E-state index in [1.807, 2.05) is 25.2 Å². The molecular weight excluding hydrogens is 198 g/mol. The molecule has 3 N–H and O–H groups in total. The maximum Gasteiger partial charge on any atom is 0.188 e. The quantitative estimate of drug-likeness (QED) is 0.590. The van der Waals surface area contributed by atoms with E-state index >= 15 is 0 Å². The molecule has 0 radical (unpaired) electrons. The molecule has 0 amide bonds. The third kappa shape index (κ3) is 4.14. The number of likely N-dealkylation sites (N-methyl/N-ethyl adjacent to an activating group) is 1. The smallest absolute Gasteiger partial charge is 0.188 e. The molecule has 0 saturated carbocycles. The lowest BCUT2D eigenvalue weighted by atomic mass is 10.1. The molecule has 0 aliphatic rings. The van der Waals surface area contributed by atoms with Crippen LogP contribution < -0.4 is 5.73 Å². The largest absolute Gasteiger partial charge is 0.370 e.